The zero-order chi connectivity index (χ0) is 19.2. The van der Waals surface area contributed by atoms with Crippen LogP contribution in [0.5, 0.6) is 0 Å². The molecule has 0 spiro atoms. The summed E-state index contributed by atoms with van der Waals surface area (Å²) in [5.41, 5.74) is 0.875. The molecular formula is C19H21N7OS. The third-order valence-electron chi connectivity index (χ3n) is 4.76. The van der Waals surface area contributed by atoms with Crippen molar-refractivity contribution < 1.29 is 4.79 Å². The molecule has 0 unspecified atom stereocenters. The van der Waals surface area contributed by atoms with Gasteiger partial charge in [0.05, 0.1) is 6.42 Å². The number of aromatic nitrogens is 5. The Labute approximate surface area is 167 Å². The number of nitrogens with zero attached hydrogens (tertiary/aromatic N) is 6. The van der Waals surface area contributed by atoms with Gasteiger partial charge in [-0.2, -0.15) is 5.10 Å². The lowest BCUT2D eigenvalue weighted by Crippen LogP contribution is -2.34. The van der Waals surface area contributed by atoms with Crippen molar-refractivity contribution >= 4 is 28.2 Å². The van der Waals surface area contributed by atoms with E-state index in [0.717, 1.165) is 48.7 Å². The molecule has 1 amide bonds. The van der Waals surface area contributed by atoms with Crippen molar-refractivity contribution in [1.29, 1.82) is 0 Å². The highest BCUT2D eigenvalue weighted by Gasteiger charge is 2.22. The van der Waals surface area contributed by atoms with Gasteiger partial charge < -0.3 is 10.2 Å². The molecule has 0 bridgehead atoms. The molecule has 0 aromatic carbocycles. The van der Waals surface area contributed by atoms with Gasteiger partial charge in [0.25, 0.3) is 0 Å². The third kappa shape index (κ3) is 4.86. The molecule has 3 aromatic rings. The zero-order valence-electron chi connectivity index (χ0n) is 15.4. The van der Waals surface area contributed by atoms with Gasteiger partial charge in [-0.3, -0.25) is 9.78 Å². The van der Waals surface area contributed by atoms with Gasteiger partial charge in [-0.1, -0.05) is 17.4 Å². The molecule has 3 aromatic heterocycles. The molecule has 1 fully saturated rings. The van der Waals surface area contributed by atoms with Crippen LogP contribution in [0, 0.1) is 5.92 Å². The average Bonchev–Trinajstić information content (AvgIpc) is 3.16. The molecule has 0 radical (unpaired) electrons. The molecule has 0 aliphatic carbocycles. The maximum Gasteiger partial charge on any atom is 0.230 e. The fraction of sp³-hybridized carbons (Fsp3) is 0.368. The number of carbonyl (C=O) groups excluding carboxylic acids is 1. The Bertz CT molecular complexity index is 895. The summed E-state index contributed by atoms with van der Waals surface area (Å²) in [6, 6.07) is 7.62. The van der Waals surface area contributed by atoms with Crippen LogP contribution in [0.3, 0.4) is 0 Å². The minimum absolute atomic E-state index is 0.104. The lowest BCUT2D eigenvalue weighted by atomic mass is 9.94. The normalized spacial score (nSPS) is 14.8. The van der Waals surface area contributed by atoms with Gasteiger partial charge in [0.15, 0.2) is 5.82 Å². The van der Waals surface area contributed by atoms with Crippen molar-refractivity contribution in [3.05, 3.63) is 53.4 Å². The van der Waals surface area contributed by atoms with Gasteiger partial charge in [-0.05, 0) is 42.5 Å². The predicted molar refractivity (Wildman–Crippen MR) is 107 cm³/mol. The van der Waals surface area contributed by atoms with E-state index in [1.165, 1.54) is 11.3 Å². The van der Waals surface area contributed by atoms with Crippen molar-refractivity contribution in [2.45, 2.75) is 25.7 Å². The molecule has 28 heavy (non-hydrogen) atoms. The fourth-order valence-corrected chi connectivity index (χ4v) is 4.18. The maximum atomic E-state index is 12.1. The minimum Gasteiger partial charge on any atom is -0.355 e. The van der Waals surface area contributed by atoms with Crippen molar-refractivity contribution in [1.82, 2.24) is 25.4 Å². The van der Waals surface area contributed by atoms with Crippen LogP contribution in [0.15, 0.2) is 42.9 Å². The number of pyridine rings is 1. The molecular weight excluding hydrogens is 374 g/mol. The molecule has 1 N–H and O–H groups in total. The first-order chi connectivity index (χ1) is 13.8. The number of piperidine rings is 1. The standard InChI is InChI=1S/C19H21N7OS/c27-17(11-15-3-1-7-20-13-15)22-19-25-24-18(28-19)12-14-5-9-26(10-6-14)16-4-2-8-21-23-16/h1-4,7-8,13-14H,5-6,9-12H2,(H,22,25,27). The van der Waals surface area contributed by atoms with Gasteiger partial charge in [0.1, 0.15) is 5.01 Å². The number of nitrogens with one attached hydrogen (secondary N) is 1. The highest BCUT2D eigenvalue weighted by molar-refractivity contribution is 7.15. The minimum atomic E-state index is -0.104. The monoisotopic (exact) mass is 395 g/mol. The van der Waals surface area contributed by atoms with Crippen LogP contribution < -0.4 is 10.2 Å². The summed E-state index contributed by atoms with van der Waals surface area (Å²) in [6.07, 6.45) is 8.42. The second kappa shape index (κ2) is 8.83. The molecule has 144 valence electrons. The van der Waals surface area contributed by atoms with Gasteiger partial charge in [-0.25, -0.2) is 0 Å². The summed E-state index contributed by atoms with van der Waals surface area (Å²) in [6.45, 7) is 1.94. The summed E-state index contributed by atoms with van der Waals surface area (Å²) in [5.74, 6) is 1.41. The van der Waals surface area contributed by atoms with Crippen LogP contribution in [-0.2, 0) is 17.6 Å². The average molecular weight is 395 g/mol. The van der Waals surface area contributed by atoms with Crippen molar-refractivity contribution in [2.24, 2.45) is 5.92 Å². The van der Waals surface area contributed by atoms with Crippen LogP contribution in [0.25, 0.3) is 0 Å². The van der Waals surface area contributed by atoms with Crippen LogP contribution in [-0.4, -0.2) is 44.4 Å². The summed E-state index contributed by atoms with van der Waals surface area (Å²) >= 11 is 1.46. The van der Waals surface area contributed by atoms with Crippen LogP contribution >= 0.6 is 11.3 Å². The molecule has 4 rings (SSSR count). The fourth-order valence-electron chi connectivity index (χ4n) is 3.31. The largest absolute Gasteiger partial charge is 0.355 e. The first-order valence-electron chi connectivity index (χ1n) is 9.30. The predicted octanol–water partition coefficient (Wildman–Crippen LogP) is 2.36. The Morgan fingerprint density at radius 3 is 2.75 bits per heavy atom. The van der Waals surface area contributed by atoms with Crippen LogP contribution in [0.4, 0.5) is 10.9 Å². The summed E-state index contributed by atoms with van der Waals surface area (Å²) in [4.78, 5) is 18.4. The lowest BCUT2D eigenvalue weighted by molar-refractivity contribution is -0.115. The van der Waals surface area contributed by atoms with E-state index in [2.05, 4.69) is 35.6 Å². The first kappa shape index (κ1) is 18.4. The SMILES string of the molecule is O=C(Cc1cccnc1)Nc1nnc(CC2CCN(c3cccnn3)CC2)s1. The Kier molecular flexibility index (Phi) is 5.81. The maximum absolute atomic E-state index is 12.1. The van der Waals surface area contributed by atoms with Crippen molar-refractivity contribution in [3.8, 4) is 0 Å². The topological polar surface area (TPSA) is 96.8 Å². The van der Waals surface area contributed by atoms with E-state index in [0.29, 0.717) is 11.0 Å². The van der Waals surface area contributed by atoms with E-state index in [9.17, 15) is 4.79 Å². The molecule has 1 saturated heterocycles. The van der Waals surface area contributed by atoms with Crippen molar-refractivity contribution in [2.75, 3.05) is 23.3 Å². The smallest absolute Gasteiger partial charge is 0.230 e. The van der Waals surface area contributed by atoms with E-state index in [1.807, 2.05) is 24.3 Å². The Balaban J connectivity index is 1.25. The van der Waals surface area contributed by atoms with E-state index < -0.39 is 0 Å². The molecule has 8 nitrogen and oxygen atoms in total. The van der Waals surface area contributed by atoms with E-state index in [4.69, 9.17) is 0 Å². The molecule has 9 heteroatoms. The number of rotatable bonds is 6. The van der Waals surface area contributed by atoms with Crippen molar-refractivity contribution in [3.63, 3.8) is 0 Å². The molecule has 1 aliphatic rings. The van der Waals surface area contributed by atoms with E-state index in [-0.39, 0.29) is 12.3 Å². The van der Waals surface area contributed by atoms with Gasteiger partial charge in [0.2, 0.25) is 11.0 Å². The molecule has 0 saturated carbocycles. The molecule has 1 aliphatic heterocycles. The van der Waals surface area contributed by atoms with E-state index >= 15 is 0 Å². The number of anilines is 2. The molecule has 0 atom stereocenters. The van der Waals surface area contributed by atoms with Crippen LogP contribution in [0.1, 0.15) is 23.4 Å². The number of carbonyl (C=O) groups is 1. The van der Waals surface area contributed by atoms with E-state index in [1.54, 1.807) is 18.6 Å². The number of hydrogen-bond acceptors (Lipinski definition) is 8. The lowest BCUT2D eigenvalue weighted by Gasteiger charge is -2.32. The third-order valence-corrected chi connectivity index (χ3v) is 5.62. The second-order valence-corrected chi connectivity index (χ2v) is 7.87. The highest BCUT2D eigenvalue weighted by atomic mass is 32.1. The highest BCUT2D eigenvalue weighted by Crippen LogP contribution is 2.26. The van der Waals surface area contributed by atoms with Gasteiger partial charge in [-0.15, -0.1) is 15.3 Å². The first-order valence-corrected chi connectivity index (χ1v) is 10.1. The van der Waals surface area contributed by atoms with Crippen LogP contribution in [0.2, 0.25) is 0 Å². The quantitative estimate of drug-likeness (QED) is 0.684. The van der Waals surface area contributed by atoms with Gasteiger partial charge in [0, 0.05) is 38.1 Å². The Morgan fingerprint density at radius 1 is 1.14 bits per heavy atom. The Hall–Kier alpha value is -2.94. The number of amides is 1. The Morgan fingerprint density at radius 2 is 2.00 bits per heavy atom. The molecule has 4 heterocycles. The number of hydrogen-bond donors (Lipinski definition) is 1. The summed E-state index contributed by atoms with van der Waals surface area (Å²) < 4.78 is 0. The second-order valence-electron chi connectivity index (χ2n) is 6.80. The van der Waals surface area contributed by atoms with Gasteiger partial charge >= 0.3 is 0 Å². The zero-order valence-corrected chi connectivity index (χ0v) is 16.2. The summed E-state index contributed by atoms with van der Waals surface area (Å²) in [5, 5.41) is 20.9. The summed E-state index contributed by atoms with van der Waals surface area (Å²) in [7, 11) is 0.